The summed E-state index contributed by atoms with van der Waals surface area (Å²) in [6.45, 7) is -0.463. The van der Waals surface area contributed by atoms with Gasteiger partial charge in [-0.3, -0.25) is 4.79 Å². The predicted octanol–water partition coefficient (Wildman–Crippen LogP) is 2.75. The van der Waals surface area contributed by atoms with E-state index in [1.54, 1.807) is 0 Å². The Bertz CT molecular complexity index is 809. The van der Waals surface area contributed by atoms with Gasteiger partial charge in [-0.15, -0.1) is 0 Å². The van der Waals surface area contributed by atoms with Crippen LogP contribution in [0, 0.1) is 0 Å². The molecule has 2 aliphatic rings. The molecule has 2 aromatic rings. The normalized spacial score (nSPS) is 21.0. The lowest BCUT2D eigenvalue weighted by atomic mass is 9.98. The van der Waals surface area contributed by atoms with E-state index in [0.29, 0.717) is 0 Å². The van der Waals surface area contributed by atoms with E-state index in [1.807, 2.05) is 36.4 Å². The standard InChI is InChI=1S/C20H19FN2O3/c21-10-12-9-18(19(24)22-12)23-20(25)26-11-17-15-7-3-1-5-13(15)14-6-2-4-8-16(14)17/h1-8,12,17-18H,9-11H2,(H,22,24)(H,23,25)/t12-,18-/m0/s1. The van der Waals surface area contributed by atoms with E-state index in [0.717, 1.165) is 22.3 Å². The first kappa shape index (κ1) is 16.6. The van der Waals surface area contributed by atoms with Crippen LogP contribution in [0.1, 0.15) is 23.5 Å². The van der Waals surface area contributed by atoms with Crippen molar-refractivity contribution < 1.29 is 18.7 Å². The number of alkyl halides is 1. The lowest BCUT2D eigenvalue weighted by Gasteiger charge is -2.16. The smallest absolute Gasteiger partial charge is 0.407 e. The molecule has 1 fully saturated rings. The van der Waals surface area contributed by atoms with Crippen molar-refractivity contribution in [3.63, 3.8) is 0 Å². The van der Waals surface area contributed by atoms with Crippen molar-refractivity contribution in [2.45, 2.75) is 24.4 Å². The summed E-state index contributed by atoms with van der Waals surface area (Å²) in [4.78, 5) is 23.8. The first-order valence-corrected chi connectivity index (χ1v) is 8.65. The second-order valence-electron chi connectivity index (χ2n) is 6.62. The van der Waals surface area contributed by atoms with E-state index in [-0.39, 0.29) is 24.9 Å². The minimum absolute atomic E-state index is 0.0378. The number of nitrogens with one attached hydrogen (secondary N) is 2. The van der Waals surface area contributed by atoms with Gasteiger partial charge in [-0.2, -0.15) is 0 Å². The maximum absolute atomic E-state index is 12.7. The number of amides is 2. The van der Waals surface area contributed by atoms with E-state index in [2.05, 4.69) is 22.8 Å². The van der Waals surface area contributed by atoms with Crippen LogP contribution in [0.25, 0.3) is 11.1 Å². The minimum atomic E-state index is -0.744. The average Bonchev–Trinajstić information content (AvgIpc) is 3.18. The molecule has 0 bridgehead atoms. The summed E-state index contributed by atoms with van der Waals surface area (Å²) in [6, 6.07) is 14.8. The highest BCUT2D eigenvalue weighted by Gasteiger charge is 2.34. The molecule has 0 aromatic heterocycles. The van der Waals surface area contributed by atoms with Gasteiger partial charge in [0.25, 0.3) is 0 Å². The van der Waals surface area contributed by atoms with Gasteiger partial charge >= 0.3 is 6.09 Å². The molecular formula is C20H19FN2O3. The fourth-order valence-corrected chi connectivity index (χ4v) is 3.76. The van der Waals surface area contributed by atoms with Gasteiger partial charge in [0.1, 0.15) is 19.3 Å². The van der Waals surface area contributed by atoms with Crippen molar-refractivity contribution in [2.75, 3.05) is 13.3 Å². The Balaban J connectivity index is 1.43. The fourth-order valence-electron chi connectivity index (χ4n) is 3.76. The molecule has 2 atom stereocenters. The molecule has 0 spiro atoms. The summed E-state index contributed by atoms with van der Waals surface area (Å²) in [5.41, 5.74) is 4.55. The SMILES string of the molecule is O=C(N[C@H]1C[C@@H](CF)NC1=O)OCC1c2ccccc2-c2ccccc21. The second-order valence-corrected chi connectivity index (χ2v) is 6.62. The number of benzene rings is 2. The van der Waals surface area contributed by atoms with Gasteiger partial charge in [-0.1, -0.05) is 48.5 Å². The van der Waals surface area contributed by atoms with Crippen molar-refractivity contribution in [1.29, 1.82) is 0 Å². The van der Waals surface area contributed by atoms with Crippen LogP contribution >= 0.6 is 0 Å². The Labute approximate surface area is 150 Å². The molecule has 4 rings (SSSR count). The lowest BCUT2D eigenvalue weighted by Crippen LogP contribution is -2.40. The van der Waals surface area contributed by atoms with Crippen molar-refractivity contribution in [1.82, 2.24) is 10.6 Å². The van der Waals surface area contributed by atoms with Gasteiger partial charge in [-0.05, 0) is 28.7 Å². The summed E-state index contributed by atoms with van der Waals surface area (Å²) in [6.07, 6.45) is -0.425. The van der Waals surface area contributed by atoms with E-state index < -0.39 is 24.9 Å². The van der Waals surface area contributed by atoms with Crippen LogP contribution in [0.3, 0.4) is 0 Å². The number of halogens is 1. The molecule has 2 amide bonds. The van der Waals surface area contributed by atoms with Crippen LogP contribution in [-0.4, -0.2) is 37.4 Å². The number of carbonyl (C=O) groups is 2. The fraction of sp³-hybridized carbons (Fsp3) is 0.300. The molecule has 6 heteroatoms. The molecule has 0 unspecified atom stereocenters. The molecule has 2 N–H and O–H groups in total. The van der Waals surface area contributed by atoms with Gasteiger partial charge in [0.15, 0.2) is 0 Å². The van der Waals surface area contributed by atoms with Crippen molar-refractivity contribution in [3.05, 3.63) is 59.7 Å². The molecule has 1 aliphatic heterocycles. The van der Waals surface area contributed by atoms with E-state index in [9.17, 15) is 14.0 Å². The van der Waals surface area contributed by atoms with Gasteiger partial charge < -0.3 is 15.4 Å². The Morgan fingerprint density at radius 1 is 1.12 bits per heavy atom. The van der Waals surface area contributed by atoms with Crippen LogP contribution in [0.2, 0.25) is 0 Å². The monoisotopic (exact) mass is 354 g/mol. The summed E-state index contributed by atoms with van der Waals surface area (Å²) in [5, 5.41) is 5.02. The molecule has 1 heterocycles. The molecule has 134 valence electrons. The molecular weight excluding hydrogens is 335 g/mol. The van der Waals surface area contributed by atoms with E-state index >= 15 is 0 Å². The Morgan fingerprint density at radius 2 is 1.73 bits per heavy atom. The number of hydrogen-bond donors (Lipinski definition) is 2. The molecule has 26 heavy (non-hydrogen) atoms. The molecule has 1 saturated heterocycles. The topological polar surface area (TPSA) is 67.4 Å². The maximum atomic E-state index is 12.7. The Kier molecular flexibility index (Phi) is 4.32. The number of fused-ring (bicyclic) bond motifs is 3. The zero-order valence-electron chi connectivity index (χ0n) is 14.1. The third-order valence-electron chi connectivity index (χ3n) is 5.01. The van der Waals surface area contributed by atoms with Gasteiger partial charge in [0, 0.05) is 5.92 Å². The van der Waals surface area contributed by atoms with Gasteiger partial charge in [0.2, 0.25) is 5.91 Å². The molecule has 0 saturated carbocycles. The van der Waals surface area contributed by atoms with Crippen LogP contribution < -0.4 is 10.6 Å². The third kappa shape index (κ3) is 2.92. The third-order valence-corrected chi connectivity index (χ3v) is 5.01. The van der Waals surface area contributed by atoms with Gasteiger partial charge in [0.05, 0.1) is 6.04 Å². The van der Waals surface area contributed by atoms with E-state index in [4.69, 9.17) is 4.74 Å². The minimum Gasteiger partial charge on any atom is -0.449 e. The highest BCUT2D eigenvalue weighted by molar-refractivity contribution is 5.88. The molecule has 5 nitrogen and oxygen atoms in total. The number of alkyl carbamates (subject to hydrolysis) is 1. The highest BCUT2D eigenvalue weighted by atomic mass is 19.1. The first-order chi connectivity index (χ1) is 12.7. The quantitative estimate of drug-likeness (QED) is 0.887. The second kappa shape index (κ2) is 6.78. The number of rotatable bonds is 4. The average molecular weight is 354 g/mol. The predicted molar refractivity (Wildman–Crippen MR) is 94.5 cm³/mol. The summed E-state index contributed by atoms with van der Waals surface area (Å²) in [7, 11) is 0. The Morgan fingerprint density at radius 3 is 2.31 bits per heavy atom. The number of hydrogen-bond acceptors (Lipinski definition) is 3. The maximum Gasteiger partial charge on any atom is 0.407 e. The van der Waals surface area contributed by atoms with E-state index in [1.165, 1.54) is 0 Å². The van der Waals surface area contributed by atoms with Crippen LogP contribution in [0.4, 0.5) is 9.18 Å². The van der Waals surface area contributed by atoms with Gasteiger partial charge in [-0.25, -0.2) is 9.18 Å². The van der Waals surface area contributed by atoms with Crippen molar-refractivity contribution in [3.8, 4) is 11.1 Å². The number of carbonyl (C=O) groups excluding carboxylic acids is 2. The highest BCUT2D eigenvalue weighted by Crippen LogP contribution is 2.44. The Hall–Kier alpha value is -2.89. The lowest BCUT2D eigenvalue weighted by molar-refractivity contribution is -0.121. The summed E-state index contributed by atoms with van der Waals surface area (Å²) >= 11 is 0. The summed E-state index contributed by atoms with van der Waals surface area (Å²) in [5.74, 6) is -0.412. The number of ether oxygens (including phenoxy) is 1. The van der Waals surface area contributed by atoms with Crippen molar-refractivity contribution >= 4 is 12.0 Å². The van der Waals surface area contributed by atoms with Crippen LogP contribution in [0.15, 0.2) is 48.5 Å². The zero-order chi connectivity index (χ0) is 18.1. The largest absolute Gasteiger partial charge is 0.449 e. The molecule has 1 aliphatic carbocycles. The zero-order valence-corrected chi connectivity index (χ0v) is 14.1. The molecule has 2 aromatic carbocycles. The van der Waals surface area contributed by atoms with Crippen LogP contribution in [-0.2, 0) is 9.53 Å². The van der Waals surface area contributed by atoms with Crippen LogP contribution in [0.5, 0.6) is 0 Å². The molecule has 0 radical (unpaired) electrons. The van der Waals surface area contributed by atoms with Crippen molar-refractivity contribution in [2.24, 2.45) is 0 Å². The summed E-state index contributed by atoms with van der Waals surface area (Å²) < 4.78 is 18.1. The first-order valence-electron chi connectivity index (χ1n) is 8.65.